The van der Waals surface area contributed by atoms with E-state index >= 15 is 0 Å². The largest absolute Gasteiger partial charge is 0.368 e. The van der Waals surface area contributed by atoms with Gasteiger partial charge in [-0.15, -0.1) is 5.10 Å². The van der Waals surface area contributed by atoms with E-state index in [0.29, 0.717) is 17.3 Å². The number of hydrogen-bond acceptors (Lipinski definition) is 7. The normalized spacial score (nSPS) is 13.9. The van der Waals surface area contributed by atoms with Crippen molar-refractivity contribution in [1.82, 2.24) is 15.2 Å². The highest BCUT2D eigenvalue weighted by Gasteiger charge is 2.20. The fraction of sp³-hybridized carbons (Fsp3) is 0.238. The first-order valence-corrected chi connectivity index (χ1v) is 9.25. The molecular weight excluding hydrogens is 350 g/mol. The van der Waals surface area contributed by atoms with Crippen LogP contribution in [0.1, 0.15) is 11.1 Å². The molecule has 7 heteroatoms. The zero-order valence-corrected chi connectivity index (χ0v) is 15.7. The summed E-state index contributed by atoms with van der Waals surface area (Å²) in [4.78, 5) is 9.13. The van der Waals surface area contributed by atoms with Crippen LogP contribution < -0.4 is 15.1 Å². The van der Waals surface area contributed by atoms with Gasteiger partial charge < -0.3 is 15.1 Å². The molecule has 1 aromatic heterocycles. The molecule has 28 heavy (non-hydrogen) atoms. The smallest absolute Gasteiger partial charge is 0.247 e. The number of piperazine rings is 1. The molecule has 0 radical (unpaired) electrons. The number of nitrogens with zero attached hydrogens (tertiary/aromatic N) is 6. The second-order valence-corrected chi connectivity index (χ2v) is 6.77. The van der Waals surface area contributed by atoms with E-state index < -0.39 is 0 Å². The number of benzene rings is 2. The van der Waals surface area contributed by atoms with Crippen molar-refractivity contribution in [2.24, 2.45) is 0 Å². The molecule has 1 aliphatic rings. The molecule has 1 saturated heterocycles. The molecule has 1 fully saturated rings. The summed E-state index contributed by atoms with van der Waals surface area (Å²) in [7, 11) is 0. The van der Waals surface area contributed by atoms with Gasteiger partial charge in [0.25, 0.3) is 0 Å². The fourth-order valence-corrected chi connectivity index (χ4v) is 3.29. The number of rotatable bonds is 4. The third kappa shape index (κ3) is 4.01. The van der Waals surface area contributed by atoms with E-state index in [2.05, 4.69) is 67.6 Å². The Kier molecular flexibility index (Phi) is 5.02. The molecule has 2 aromatic carbocycles. The SMILES string of the molecule is Cc1cccc(N2CCN(c3nncc(Nc4cccc(C#N)c4)n3)CC2)c1. The third-order valence-electron chi connectivity index (χ3n) is 4.74. The van der Waals surface area contributed by atoms with Crippen molar-refractivity contribution in [3.05, 3.63) is 65.9 Å². The van der Waals surface area contributed by atoms with Crippen LogP contribution in [0.4, 0.5) is 23.1 Å². The van der Waals surface area contributed by atoms with Crippen molar-refractivity contribution in [3.63, 3.8) is 0 Å². The molecule has 0 saturated carbocycles. The summed E-state index contributed by atoms with van der Waals surface area (Å²) in [6.07, 6.45) is 1.59. The molecule has 140 valence electrons. The summed E-state index contributed by atoms with van der Waals surface area (Å²) >= 11 is 0. The molecule has 1 aliphatic heterocycles. The molecule has 0 bridgehead atoms. The monoisotopic (exact) mass is 371 g/mol. The van der Waals surface area contributed by atoms with Crippen LogP contribution in [0.2, 0.25) is 0 Å². The molecule has 2 heterocycles. The first-order chi connectivity index (χ1) is 13.7. The van der Waals surface area contributed by atoms with Gasteiger partial charge in [-0.2, -0.15) is 15.3 Å². The highest BCUT2D eigenvalue weighted by Crippen LogP contribution is 2.21. The van der Waals surface area contributed by atoms with Crippen molar-refractivity contribution < 1.29 is 0 Å². The van der Waals surface area contributed by atoms with Crippen LogP contribution in [0.25, 0.3) is 0 Å². The number of aryl methyl sites for hydroxylation is 1. The molecule has 0 atom stereocenters. The van der Waals surface area contributed by atoms with Crippen LogP contribution in [0.15, 0.2) is 54.7 Å². The molecule has 1 N–H and O–H groups in total. The van der Waals surface area contributed by atoms with Crippen molar-refractivity contribution in [1.29, 1.82) is 5.26 Å². The van der Waals surface area contributed by atoms with Crippen LogP contribution in [0.3, 0.4) is 0 Å². The predicted octanol–water partition coefficient (Wildman–Crippen LogP) is 3.12. The van der Waals surface area contributed by atoms with E-state index in [0.717, 1.165) is 31.9 Å². The van der Waals surface area contributed by atoms with E-state index in [9.17, 15) is 0 Å². The number of nitriles is 1. The summed E-state index contributed by atoms with van der Waals surface area (Å²) in [5.41, 5.74) is 3.92. The van der Waals surface area contributed by atoms with E-state index in [1.807, 2.05) is 12.1 Å². The molecule has 0 aliphatic carbocycles. The van der Waals surface area contributed by atoms with Gasteiger partial charge in [-0.1, -0.05) is 18.2 Å². The summed E-state index contributed by atoms with van der Waals surface area (Å²) in [5, 5.41) is 20.5. The molecule has 0 spiro atoms. The molecule has 0 unspecified atom stereocenters. The van der Waals surface area contributed by atoms with Crippen LogP contribution in [0.5, 0.6) is 0 Å². The Bertz CT molecular complexity index is 1000. The van der Waals surface area contributed by atoms with Gasteiger partial charge in [0, 0.05) is 37.6 Å². The Hall–Kier alpha value is -3.66. The van der Waals surface area contributed by atoms with Gasteiger partial charge in [-0.25, -0.2) is 0 Å². The standard InChI is InChI=1S/C21H21N7/c1-16-4-2-7-19(12-16)27-8-10-28(11-9-27)21-25-20(15-23-26-21)24-18-6-3-5-17(13-18)14-22/h2-7,12-13,15H,8-11H2,1H3,(H,24,25,26). The van der Waals surface area contributed by atoms with Crippen molar-refractivity contribution in [3.8, 4) is 6.07 Å². The third-order valence-corrected chi connectivity index (χ3v) is 4.74. The minimum absolute atomic E-state index is 0.597. The number of hydrogen-bond donors (Lipinski definition) is 1. The minimum Gasteiger partial charge on any atom is -0.368 e. The lowest BCUT2D eigenvalue weighted by Gasteiger charge is -2.36. The van der Waals surface area contributed by atoms with Gasteiger partial charge >= 0.3 is 0 Å². The first-order valence-electron chi connectivity index (χ1n) is 9.25. The van der Waals surface area contributed by atoms with Gasteiger partial charge in [0.15, 0.2) is 5.82 Å². The summed E-state index contributed by atoms with van der Waals surface area (Å²) in [6, 6.07) is 18.0. The lowest BCUT2D eigenvalue weighted by molar-refractivity contribution is 0.635. The highest BCUT2D eigenvalue weighted by atomic mass is 15.4. The Labute approximate surface area is 164 Å². The average Bonchev–Trinajstić information content (AvgIpc) is 2.74. The summed E-state index contributed by atoms with van der Waals surface area (Å²) in [6.45, 7) is 5.61. The quantitative estimate of drug-likeness (QED) is 0.754. The molecule has 0 amide bonds. The second-order valence-electron chi connectivity index (χ2n) is 6.77. The van der Waals surface area contributed by atoms with Crippen molar-refractivity contribution in [2.75, 3.05) is 41.3 Å². The van der Waals surface area contributed by atoms with E-state index in [1.54, 1.807) is 18.3 Å². The summed E-state index contributed by atoms with van der Waals surface area (Å²) in [5.74, 6) is 1.23. The lowest BCUT2D eigenvalue weighted by atomic mass is 10.2. The van der Waals surface area contributed by atoms with E-state index in [4.69, 9.17) is 5.26 Å². The minimum atomic E-state index is 0.597. The zero-order chi connectivity index (χ0) is 19.3. The Morgan fingerprint density at radius 1 is 1.00 bits per heavy atom. The average molecular weight is 371 g/mol. The fourth-order valence-electron chi connectivity index (χ4n) is 3.29. The maximum Gasteiger partial charge on any atom is 0.247 e. The number of anilines is 4. The maximum atomic E-state index is 9.03. The van der Waals surface area contributed by atoms with Gasteiger partial charge in [-0.05, 0) is 42.8 Å². The Morgan fingerprint density at radius 2 is 1.79 bits per heavy atom. The Morgan fingerprint density at radius 3 is 2.57 bits per heavy atom. The van der Waals surface area contributed by atoms with Gasteiger partial charge in [0.1, 0.15) is 0 Å². The van der Waals surface area contributed by atoms with Crippen LogP contribution in [-0.4, -0.2) is 41.4 Å². The highest BCUT2D eigenvalue weighted by molar-refractivity contribution is 5.58. The number of aromatic nitrogens is 3. The van der Waals surface area contributed by atoms with E-state index in [-0.39, 0.29) is 0 Å². The molecule has 7 nitrogen and oxygen atoms in total. The molecule has 3 aromatic rings. The number of nitrogens with one attached hydrogen (secondary N) is 1. The molecule has 4 rings (SSSR count). The van der Waals surface area contributed by atoms with Gasteiger partial charge in [0.05, 0.1) is 17.8 Å². The topological polar surface area (TPSA) is 81.0 Å². The maximum absolute atomic E-state index is 9.03. The zero-order valence-electron chi connectivity index (χ0n) is 15.7. The summed E-state index contributed by atoms with van der Waals surface area (Å²) < 4.78 is 0. The van der Waals surface area contributed by atoms with Gasteiger partial charge in [-0.3, -0.25) is 0 Å². The molecular formula is C21H21N7. The van der Waals surface area contributed by atoms with Crippen molar-refractivity contribution in [2.45, 2.75) is 6.92 Å². The van der Waals surface area contributed by atoms with E-state index in [1.165, 1.54) is 11.3 Å². The van der Waals surface area contributed by atoms with Gasteiger partial charge in [0.2, 0.25) is 5.95 Å². The Balaban J connectivity index is 1.43. The van der Waals surface area contributed by atoms with Crippen molar-refractivity contribution >= 4 is 23.1 Å². The van der Waals surface area contributed by atoms with Crippen LogP contribution in [0, 0.1) is 18.3 Å². The lowest BCUT2D eigenvalue weighted by Crippen LogP contribution is -2.47. The second kappa shape index (κ2) is 7.92. The first kappa shape index (κ1) is 17.7. The van der Waals surface area contributed by atoms with Crippen LogP contribution in [-0.2, 0) is 0 Å². The van der Waals surface area contributed by atoms with Crippen LogP contribution >= 0.6 is 0 Å². The predicted molar refractivity (Wildman–Crippen MR) is 110 cm³/mol.